The third-order valence-electron chi connectivity index (χ3n) is 2.04. The molecular formula is C10H9F3N2O4S. The van der Waals surface area contributed by atoms with Crippen molar-refractivity contribution in [1.29, 1.82) is 0 Å². The Bertz CT molecular complexity index is 522. The van der Waals surface area contributed by atoms with E-state index in [9.17, 15) is 28.1 Å². The van der Waals surface area contributed by atoms with Crippen molar-refractivity contribution in [3.63, 3.8) is 0 Å². The molecule has 0 aliphatic carbocycles. The number of halogens is 3. The van der Waals surface area contributed by atoms with Crippen LogP contribution in [0, 0.1) is 10.1 Å². The fraction of sp³-hybridized carbons (Fsp3) is 0.300. The third-order valence-corrected chi connectivity index (χ3v) is 2.82. The number of carbonyl (C=O) groups excluding carboxylic acids is 1. The minimum atomic E-state index is -4.58. The number of benzene rings is 1. The lowest BCUT2D eigenvalue weighted by Gasteiger charge is -2.08. The molecular weight excluding hydrogens is 301 g/mol. The molecule has 0 aromatic heterocycles. The molecule has 0 unspecified atom stereocenters. The normalized spacial score (nSPS) is 11.2. The lowest BCUT2D eigenvalue weighted by atomic mass is 10.2. The molecule has 1 rings (SSSR count). The Hall–Kier alpha value is -1.81. The van der Waals surface area contributed by atoms with E-state index < -0.39 is 23.6 Å². The van der Waals surface area contributed by atoms with Crippen molar-refractivity contribution in [1.82, 2.24) is 5.48 Å². The Balaban J connectivity index is 2.79. The Labute approximate surface area is 115 Å². The van der Waals surface area contributed by atoms with Gasteiger partial charge in [-0.2, -0.15) is 13.2 Å². The molecule has 6 nitrogen and oxygen atoms in total. The van der Waals surface area contributed by atoms with E-state index in [4.69, 9.17) is 0 Å². The van der Waals surface area contributed by atoms with Crippen LogP contribution in [0.3, 0.4) is 0 Å². The van der Waals surface area contributed by atoms with Crippen LogP contribution >= 0.6 is 11.8 Å². The number of hydroxylamine groups is 1. The van der Waals surface area contributed by atoms with Gasteiger partial charge in [-0.15, -0.1) is 11.8 Å². The van der Waals surface area contributed by atoms with Gasteiger partial charge in [-0.3, -0.25) is 19.7 Å². The summed E-state index contributed by atoms with van der Waals surface area (Å²) in [5.41, 5.74) is 1.10. The van der Waals surface area contributed by atoms with Crippen LogP contribution in [0.25, 0.3) is 0 Å². The number of nitrogens with one attached hydrogen (secondary N) is 1. The van der Waals surface area contributed by atoms with Gasteiger partial charge in [0.1, 0.15) is 0 Å². The number of rotatable bonds is 5. The summed E-state index contributed by atoms with van der Waals surface area (Å²) in [6.07, 6.45) is -2.96. The summed E-state index contributed by atoms with van der Waals surface area (Å²) in [6.45, 7) is -1.65. The number of alkyl halides is 3. The van der Waals surface area contributed by atoms with Crippen LogP contribution in [-0.4, -0.2) is 29.9 Å². The first-order valence-corrected chi connectivity index (χ1v) is 6.28. The number of nitro benzene ring substituents is 1. The molecule has 0 saturated heterocycles. The van der Waals surface area contributed by atoms with Gasteiger partial charge in [0.25, 0.3) is 11.6 Å². The Morgan fingerprint density at radius 2 is 2.15 bits per heavy atom. The van der Waals surface area contributed by atoms with Crippen molar-refractivity contribution in [2.75, 3.05) is 12.9 Å². The van der Waals surface area contributed by atoms with Crippen LogP contribution in [0.1, 0.15) is 10.4 Å². The van der Waals surface area contributed by atoms with Gasteiger partial charge < -0.3 is 0 Å². The Morgan fingerprint density at radius 1 is 1.50 bits per heavy atom. The zero-order valence-electron chi connectivity index (χ0n) is 10.1. The molecule has 1 N–H and O–H groups in total. The summed E-state index contributed by atoms with van der Waals surface area (Å²) in [5.74, 6) is -0.995. The van der Waals surface area contributed by atoms with E-state index in [1.807, 2.05) is 0 Å². The first kappa shape index (κ1) is 16.2. The number of nitro groups is 1. The van der Waals surface area contributed by atoms with E-state index >= 15 is 0 Å². The molecule has 1 amide bonds. The molecule has 1 aromatic carbocycles. The Kier molecular flexibility index (Phi) is 5.34. The molecule has 0 saturated carbocycles. The van der Waals surface area contributed by atoms with Crippen molar-refractivity contribution in [2.24, 2.45) is 0 Å². The second-order valence-corrected chi connectivity index (χ2v) is 4.33. The topological polar surface area (TPSA) is 81.5 Å². The molecule has 0 spiro atoms. The van der Waals surface area contributed by atoms with Crippen molar-refractivity contribution >= 4 is 23.4 Å². The van der Waals surface area contributed by atoms with Crippen molar-refractivity contribution in [2.45, 2.75) is 11.1 Å². The summed E-state index contributed by atoms with van der Waals surface area (Å²) in [6, 6.07) is 3.56. The number of hydrogen-bond donors (Lipinski definition) is 1. The van der Waals surface area contributed by atoms with E-state index in [2.05, 4.69) is 4.84 Å². The van der Waals surface area contributed by atoms with Gasteiger partial charge in [0, 0.05) is 11.6 Å². The smallest absolute Gasteiger partial charge is 0.267 e. The minimum absolute atomic E-state index is 0.170. The zero-order valence-corrected chi connectivity index (χ0v) is 10.9. The van der Waals surface area contributed by atoms with E-state index in [1.165, 1.54) is 12.1 Å². The highest BCUT2D eigenvalue weighted by Crippen LogP contribution is 2.28. The number of nitrogens with zero attached hydrogens (tertiary/aromatic N) is 1. The first-order valence-electron chi connectivity index (χ1n) is 5.06. The average molecular weight is 310 g/mol. The van der Waals surface area contributed by atoms with E-state index in [1.54, 1.807) is 11.7 Å². The van der Waals surface area contributed by atoms with Gasteiger partial charge in [0.05, 0.1) is 9.82 Å². The summed E-state index contributed by atoms with van der Waals surface area (Å²) >= 11 is 1.11. The predicted molar refractivity (Wildman–Crippen MR) is 64.4 cm³/mol. The molecule has 20 heavy (non-hydrogen) atoms. The molecule has 0 heterocycles. The van der Waals surface area contributed by atoms with Crippen LogP contribution < -0.4 is 5.48 Å². The lowest BCUT2D eigenvalue weighted by Crippen LogP contribution is -2.29. The quantitative estimate of drug-likeness (QED) is 0.513. The van der Waals surface area contributed by atoms with Crippen LogP contribution in [0.2, 0.25) is 0 Å². The molecule has 1 aromatic rings. The standard InChI is InChI=1S/C10H9F3N2O4S/c1-20-8-3-2-6(4-7(8)15(17)18)9(16)14-19-5-10(11,12)13/h2-4H,5H2,1H3,(H,14,16). The van der Waals surface area contributed by atoms with Gasteiger partial charge in [-0.1, -0.05) is 0 Å². The molecule has 0 atom stereocenters. The van der Waals surface area contributed by atoms with Crippen LogP contribution in [0.15, 0.2) is 23.1 Å². The summed E-state index contributed by atoms with van der Waals surface area (Å²) in [7, 11) is 0. The second-order valence-electron chi connectivity index (χ2n) is 3.48. The van der Waals surface area contributed by atoms with Gasteiger partial charge in [0.2, 0.25) is 0 Å². The number of amides is 1. The molecule has 110 valence electrons. The highest BCUT2D eigenvalue weighted by Gasteiger charge is 2.28. The van der Waals surface area contributed by atoms with Gasteiger partial charge >= 0.3 is 6.18 Å². The summed E-state index contributed by atoms with van der Waals surface area (Å²) < 4.78 is 35.4. The monoisotopic (exact) mass is 310 g/mol. The Morgan fingerprint density at radius 3 is 2.65 bits per heavy atom. The predicted octanol–water partition coefficient (Wildman–Crippen LogP) is 2.54. The van der Waals surface area contributed by atoms with Crippen molar-refractivity contribution in [3.05, 3.63) is 33.9 Å². The first-order chi connectivity index (χ1) is 9.24. The fourth-order valence-electron chi connectivity index (χ4n) is 1.22. The maximum Gasteiger partial charge on any atom is 0.414 e. The molecule has 0 aliphatic heterocycles. The maximum atomic E-state index is 11.8. The highest BCUT2D eigenvalue weighted by atomic mass is 32.2. The van der Waals surface area contributed by atoms with Gasteiger partial charge in [-0.25, -0.2) is 5.48 Å². The van der Waals surface area contributed by atoms with E-state index in [-0.39, 0.29) is 11.3 Å². The minimum Gasteiger partial charge on any atom is -0.267 e. The van der Waals surface area contributed by atoms with Crippen LogP contribution in [0.5, 0.6) is 0 Å². The molecule has 0 aliphatic rings. The second kappa shape index (κ2) is 6.57. The van der Waals surface area contributed by atoms with Crippen molar-refractivity contribution in [3.8, 4) is 0 Å². The van der Waals surface area contributed by atoms with Gasteiger partial charge in [0.15, 0.2) is 6.61 Å². The summed E-state index contributed by atoms with van der Waals surface area (Å²) in [5, 5.41) is 10.8. The lowest BCUT2D eigenvalue weighted by molar-refractivity contribution is -0.387. The fourth-order valence-corrected chi connectivity index (χ4v) is 1.76. The van der Waals surface area contributed by atoms with E-state index in [0.717, 1.165) is 17.8 Å². The molecule has 0 radical (unpaired) electrons. The number of hydrogen-bond acceptors (Lipinski definition) is 5. The van der Waals surface area contributed by atoms with Crippen LogP contribution in [0.4, 0.5) is 18.9 Å². The molecule has 0 bridgehead atoms. The SMILES string of the molecule is CSc1ccc(C(=O)NOCC(F)(F)F)cc1[N+](=O)[O-]. The highest BCUT2D eigenvalue weighted by molar-refractivity contribution is 7.98. The number of thioether (sulfide) groups is 1. The average Bonchev–Trinajstić information content (AvgIpc) is 2.36. The number of carbonyl (C=O) groups is 1. The molecule has 10 heteroatoms. The molecule has 0 fully saturated rings. The summed E-state index contributed by atoms with van der Waals surface area (Å²) in [4.78, 5) is 25.9. The van der Waals surface area contributed by atoms with Crippen LogP contribution in [-0.2, 0) is 4.84 Å². The van der Waals surface area contributed by atoms with E-state index in [0.29, 0.717) is 4.90 Å². The largest absolute Gasteiger partial charge is 0.414 e. The van der Waals surface area contributed by atoms with Gasteiger partial charge in [-0.05, 0) is 18.4 Å². The third kappa shape index (κ3) is 4.70. The maximum absolute atomic E-state index is 11.8. The van der Waals surface area contributed by atoms with Crippen molar-refractivity contribution < 1.29 is 27.7 Å². The zero-order chi connectivity index (χ0) is 15.3.